The van der Waals surface area contributed by atoms with E-state index in [0.717, 1.165) is 5.56 Å². The van der Waals surface area contributed by atoms with Gasteiger partial charge in [0, 0.05) is 12.1 Å². The number of likely N-dealkylation sites (N-methyl/N-ethyl adjacent to an activating group) is 1. The van der Waals surface area contributed by atoms with Crippen LogP contribution in [-0.4, -0.2) is 44.6 Å². The maximum atomic E-state index is 12.0. The lowest BCUT2D eigenvalue weighted by atomic mass is 9.97. The number of halogens is 1. The minimum Gasteiger partial charge on any atom is -0.492 e. The molecule has 1 aromatic carbocycles. The second-order valence-corrected chi connectivity index (χ2v) is 5.46. The predicted octanol–water partition coefficient (Wildman–Crippen LogP) is 0.297. The molecule has 124 valence electrons. The molecule has 23 heavy (non-hydrogen) atoms. The van der Waals surface area contributed by atoms with E-state index in [9.17, 15) is 14.4 Å². The van der Waals surface area contributed by atoms with Crippen molar-refractivity contribution in [3.8, 4) is 5.75 Å². The van der Waals surface area contributed by atoms with Crippen molar-refractivity contribution >= 4 is 29.4 Å². The Balaban J connectivity index is 1.80. The zero-order valence-electron chi connectivity index (χ0n) is 12.6. The van der Waals surface area contributed by atoms with Gasteiger partial charge in [0.2, 0.25) is 5.91 Å². The van der Waals surface area contributed by atoms with Crippen LogP contribution in [0, 0.1) is 5.92 Å². The van der Waals surface area contributed by atoms with E-state index in [2.05, 4.69) is 10.6 Å². The topological polar surface area (TPSA) is 93.7 Å². The molecule has 0 saturated heterocycles. The molecule has 2 amide bonds. The average Bonchev–Trinajstić information content (AvgIpc) is 2.56. The highest BCUT2D eigenvalue weighted by Crippen LogP contribution is 2.30. The lowest BCUT2D eigenvalue weighted by molar-refractivity contribution is -0.153. The molecule has 2 N–H and O–H groups in total. The maximum absolute atomic E-state index is 12.0. The fraction of sp³-hybridized carbons (Fsp3) is 0.400. The molecule has 0 saturated carbocycles. The smallest absolute Gasteiger partial charge is 0.313 e. The summed E-state index contributed by atoms with van der Waals surface area (Å²) in [6.45, 7) is -0.409. The molecular formula is C15H17ClN2O5. The van der Waals surface area contributed by atoms with E-state index in [1.54, 1.807) is 18.2 Å². The summed E-state index contributed by atoms with van der Waals surface area (Å²) >= 11 is 5.92. The first-order chi connectivity index (χ1) is 11.0. The highest BCUT2D eigenvalue weighted by Gasteiger charge is 2.27. The van der Waals surface area contributed by atoms with Crippen LogP contribution in [0.2, 0.25) is 5.02 Å². The number of hydrogen-bond acceptors (Lipinski definition) is 5. The van der Waals surface area contributed by atoms with Gasteiger partial charge in [0.15, 0.2) is 6.61 Å². The van der Waals surface area contributed by atoms with Gasteiger partial charge in [0.05, 0.1) is 12.5 Å². The van der Waals surface area contributed by atoms with Crippen LogP contribution in [0.1, 0.15) is 5.56 Å². The van der Waals surface area contributed by atoms with Crippen molar-refractivity contribution in [2.45, 2.75) is 6.42 Å². The lowest BCUT2D eigenvalue weighted by Crippen LogP contribution is -2.38. The van der Waals surface area contributed by atoms with Crippen molar-refractivity contribution in [2.24, 2.45) is 5.92 Å². The van der Waals surface area contributed by atoms with Crippen LogP contribution in [0.3, 0.4) is 0 Å². The van der Waals surface area contributed by atoms with Gasteiger partial charge in [0.1, 0.15) is 12.4 Å². The van der Waals surface area contributed by atoms with E-state index in [1.165, 1.54) is 7.05 Å². The van der Waals surface area contributed by atoms with E-state index >= 15 is 0 Å². The summed E-state index contributed by atoms with van der Waals surface area (Å²) in [5.41, 5.74) is 0.828. The third kappa shape index (κ3) is 4.85. The van der Waals surface area contributed by atoms with E-state index in [1.807, 2.05) is 0 Å². The zero-order chi connectivity index (χ0) is 16.8. The summed E-state index contributed by atoms with van der Waals surface area (Å²) < 4.78 is 10.5. The van der Waals surface area contributed by atoms with Crippen molar-refractivity contribution in [1.29, 1.82) is 0 Å². The van der Waals surface area contributed by atoms with Crippen molar-refractivity contribution in [1.82, 2.24) is 10.6 Å². The second kappa shape index (κ2) is 7.82. The van der Waals surface area contributed by atoms with Crippen molar-refractivity contribution < 1.29 is 23.9 Å². The van der Waals surface area contributed by atoms with Gasteiger partial charge in [-0.25, -0.2) is 0 Å². The van der Waals surface area contributed by atoms with Gasteiger partial charge in [-0.2, -0.15) is 0 Å². The van der Waals surface area contributed by atoms with Crippen molar-refractivity contribution in [2.75, 3.05) is 26.8 Å². The van der Waals surface area contributed by atoms with Gasteiger partial charge in [-0.05, 0) is 30.2 Å². The zero-order valence-corrected chi connectivity index (χ0v) is 13.3. The number of rotatable bonds is 5. The normalized spacial score (nSPS) is 15.8. The molecule has 0 unspecified atom stereocenters. The largest absolute Gasteiger partial charge is 0.492 e. The number of carbonyl (C=O) groups excluding carboxylic acids is 3. The number of hydrogen-bond donors (Lipinski definition) is 2. The van der Waals surface area contributed by atoms with Crippen LogP contribution in [0.15, 0.2) is 18.2 Å². The highest BCUT2D eigenvalue weighted by molar-refractivity contribution is 6.30. The molecule has 8 heteroatoms. The average molecular weight is 341 g/mol. The van der Waals surface area contributed by atoms with Crippen LogP contribution in [0.5, 0.6) is 5.75 Å². The first-order valence-corrected chi connectivity index (χ1v) is 7.42. The molecule has 1 atom stereocenters. The van der Waals surface area contributed by atoms with E-state index in [0.29, 0.717) is 17.2 Å². The molecule has 0 aromatic heterocycles. The van der Waals surface area contributed by atoms with E-state index in [-0.39, 0.29) is 19.1 Å². The fourth-order valence-electron chi connectivity index (χ4n) is 2.09. The summed E-state index contributed by atoms with van der Waals surface area (Å²) in [7, 11) is 1.46. The Bertz CT molecular complexity index is 620. The molecule has 0 radical (unpaired) electrons. The summed E-state index contributed by atoms with van der Waals surface area (Å²) in [5, 5.41) is 5.26. The monoisotopic (exact) mass is 340 g/mol. The van der Waals surface area contributed by atoms with Gasteiger partial charge < -0.3 is 20.1 Å². The third-order valence-electron chi connectivity index (χ3n) is 3.33. The lowest BCUT2D eigenvalue weighted by Gasteiger charge is -2.24. The summed E-state index contributed by atoms with van der Waals surface area (Å²) in [6, 6.07) is 5.22. The number of ether oxygens (including phenoxy) is 2. The summed E-state index contributed by atoms with van der Waals surface area (Å²) in [5.74, 6) is -1.19. The molecule has 0 bridgehead atoms. The maximum Gasteiger partial charge on any atom is 0.313 e. The third-order valence-corrected chi connectivity index (χ3v) is 3.57. The second-order valence-electron chi connectivity index (χ2n) is 5.02. The number of esters is 1. The summed E-state index contributed by atoms with van der Waals surface area (Å²) in [6.07, 6.45) is 0.439. The van der Waals surface area contributed by atoms with Crippen molar-refractivity contribution in [3.63, 3.8) is 0 Å². The number of fused-ring (bicyclic) bond motifs is 1. The molecule has 1 aliphatic heterocycles. The Labute approximate surface area is 138 Å². The van der Waals surface area contributed by atoms with Crippen LogP contribution in [0.25, 0.3) is 0 Å². The molecular weight excluding hydrogens is 324 g/mol. The van der Waals surface area contributed by atoms with Crippen LogP contribution in [-0.2, 0) is 25.5 Å². The standard InChI is InChI=1S/C15H17ClN2O5/c1-17-13(19)6-18-14(20)8-23-15(21)10-4-9-5-11(16)2-3-12(9)22-7-10/h2-3,5,10H,4,6-8H2,1H3,(H,17,19)(H,18,20)/t10-/m1/s1. The summed E-state index contributed by atoms with van der Waals surface area (Å²) in [4.78, 5) is 34.5. The number of benzene rings is 1. The van der Waals surface area contributed by atoms with E-state index < -0.39 is 24.4 Å². The Morgan fingerprint density at radius 1 is 1.35 bits per heavy atom. The SMILES string of the molecule is CNC(=O)CNC(=O)COC(=O)[C@H]1COc2ccc(Cl)cc2C1. The first-order valence-electron chi connectivity index (χ1n) is 7.04. The molecule has 1 aromatic rings. The van der Waals surface area contributed by atoms with Gasteiger partial charge in [-0.3, -0.25) is 14.4 Å². The molecule has 7 nitrogen and oxygen atoms in total. The Morgan fingerprint density at radius 3 is 2.87 bits per heavy atom. The van der Waals surface area contributed by atoms with Gasteiger partial charge in [0.25, 0.3) is 5.91 Å². The number of amides is 2. The van der Waals surface area contributed by atoms with Crippen LogP contribution >= 0.6 is 11.6 Å². The highest BCUT2D eigenvalue weighted by atomic mass is 35.5. The van der Waals surface area contributed by atoms with Gasteiger partial charge in [-0.1, -0.05) is 11.6 Å². The first kappa shape index (κ1) is 17.1. The Kier molecular flexibility index (Phi) is 5.81. The van der Waals surface area contributed by atoms with Gasteiger partial charge >= 0.3 is 5.97 Å². The van der Waals surface area contributed by atoms with Crippen LogP contribution in [0.4, 0.5) is 0 Å². The molecule has 1 heterocycles. The van der Waals surface area contributed by atoms with Crippen molar-refractivity contribution in [3.05, 3.63) is 28.8 Å². The van der Waals surface area contributed by atoms with E-state index in [4.69, 9.17) is 21.1 Å². The number of carbonyl (C=O) groups is 3. The predicted molar refractivity (Wildman–Crippen MR) is 82.2 cm³/mol. The minimum absolute atomic E-state index is 0.161. The van der Waals surface area contributed by atoms with Crippen LogP contribution < -0.4 is 15.4 Å². The fourth-order valence-corrected chi connectivity index (χ4v) is 2.28. The molecule has 0 aliphatic carbocycles. The Morgan fingerprint density at radius 2 is 2.13 bits per heavy atom. The minimum atomic E-state index is -0.540. The molecule has 0 spiro atoms. The quantitative estimate of drug-likeness (QED) is 0.752. The number of nitrogens with one attached hydrogen (secondary N) is 2. The Hall–Kier alpha value is -2.28. The van der Waals surface area contributed by atoms with Gasteiger partial charge in [-0.15, -0.1) is 0 Å². The molecule has 1 aliphatic rings. The molecule has 0 fully saturated rings. The molecule has 2 rings (SSSR count).